The average molecular weight is 278 g/mol. The van der Waals surface area contributed by atoms with E-state index in [4.69, 9.17) is 0 Å². The van der Waals surface area contributed by atoms with Crippen LogP contribution in [0.3, 0.4) is 0 Å². The molecule has 102 valence electrons. The fourth-order valence-electron chi connectivity index (χ4n) is 2.66. The number of hydrogen-bond acceptors (Lipinski definition) is 5. The minimum absolute atomic E-state index is 0.264. The van der Waals surface area contributed by atoms with Gasteiger partial charge in [-0.2, -0.15) is 0 Å². The third-order valence-corrected chi connectivity index (χ3v) is 3.56. The lowest BCUT2D eigenvalue weighted by Crippen LogP contribution is -2.12. The van der Waals surface area contributed by atoms with Crippen LogP contribution >= 0.6 is 0 Å². The van der Waals surface area contributed by atoms with Crippen molar-refractivity contribution < 1.29 is 10.0 Å². The van der Waals surface area contributed by atoms with E-state index in [9.17, 15) is 10.0 Å². The molecule has 3 N–H and O–H groups in total. The van der Waals surface area contributed by atoms with Crippen LogP contribution in [-0.2, 0) is 4.79 Å². The summed E-state index contributed by atoms with van der Waals surface area (Å²) in [5.74, 6) is 0.250. The number of hydrogen-bond donors (Lipinski definition) is 3. The molecule has 0 spiro atoms. The Hall–Kier alpha value is -3.15. The summed E-state index contributed by atoms with van der Waals surface area (Å²) in [6.07, 6.45) is 1.62. The van der Waals surface area contributed by atoms with Crippen LogP contribution in [-0.4, -0.2) is 21.8 Å². The van der Waals surface area contributed by atoms with Crippen molar-refractivity contribution in [3.63, 3.8) is 0 Å². The first-order valence-corrected chi connectivity index (χ1v) is 6.39. The van der Waals surface area contributed by atoms with E-state index in [0.29, 0.717) is 28.4 Å². The van der Waals surface area contributed by atoms with Crippen LogP contribution in [0.5, 0.6) is 0 Å². The minimum Gasteiger partial charge on any atom is -0.410 e. The highest BCUT2D eigenvalue weighted by molar-refractivity contribution is 6.39. The lowest BCUT2D eigenvalue weighted by Gasteiger charge is -2.04. The molecule has 6 heteroatoms. The zero-order valence-corrected chi connectivity index (χ0v) is 10.8. The summed E-state index contributed by atoms with van der Waals surface area (Å²) in [4.78, 5) is 16.4. The van der Waals surface area contributed by atoms with Crippen LogP contribution in [0.1, 0.15) is 11.1 Å². The molecule has 21 heavy (non-hydrogen) atoms. The molecule has 0 saturated carbocycles. The van der Waals surface area contributed by atoms with Gasteiger partial charge >= 0.3 is 0 Å². The molecule has 0 fully saturated rings. The highest BCUT2D eigenvalue weighted by Gasteiger charge is 2.34. The maximum absolute atomic E-state index is 12.2. The fraction of sp³-hybridized carbons (Fsp3) is 0. The molecule has 4 rings (SSSR count). The monoisotopic (exact) mass is 278 g/mol. The van der Waals surface area contributed by atoms with Gasteiger partial charge in [-0.15, -0.1) is 0 Å². The molecule has 0 radical (unpaired) electrons. The van der Waals surface area contributed by atoms with Crippen LogP contribution in [0.2, 0.25) is 0 Å². The number of allylic oxidation sites excluding steroid dienone is 1. The maximum atomic E-state index is 12.2. The van der Waals surface area contributed by atoms with Crippen molar-refractivity contribution in [2.45, 2.75) is 0 Å². The second-order valence-electron chi connectivity index (χ2n) is 4.72. The molecule has 0 aliphatic carbocycles. The molecule has 6 nitrogen and oxygen atoms in total. The SMILES string of the molecule is O=C1Nc2ncccc2/C1=C1/Nc2ccccc2/C1=N\O. The maximum Gasteiger partial charge on any atom is 0.259 e. The number of rotatable bonds is 0. The summed E-state index contributed by atoms with van der Waals surface area (Å²) in [6, 6.07) is 11.0. The lowest BCUT2D eigenvalue weighted by molar-refractivity contribution is -0.110. The summed E-state index contributed by atoms with van der Waals surface area (Å²) in [7, 11) is 0. The highest BCUT2D eigenvalue weighted by atomic mass is 16.4. The zero-order chi connectivity index (χ0) is 14.4. The van der Waals surface area contributed by atoms with Crippen LogP contribution < -0.4 is 10.6 Å². The molecule has 2 aromatic rings. The molecule has 0 saturated heterocycles. The number of nitrogens with zero attached hydrogens (tertiary/aromatic N) is 2. The molecule has 1 aromatic carbocycles. The Labute approximate surface area is 119 Å². The summed E-state index contributed by atoms with van der Waals surface area (Å²) < 4.78 is 0. The fourth-order valence-corrected chi connectivity index (χ4v) is 2.66. The zero-order valence-electron chi connectivity index (χ0n) is 10.8. The van der Waals surface area contributed by atoms with E-state index < -0.39 is 0 Å². The van der Waals surface area contributed by atoms with Gasteiger partial charge in [0.15, 0.2) is 0 Å². The predicted octanol–water partition coefficient (Wildman–Crippen LogP) is 2.05. The van der Waals surface area contributed by atoms with Gasteiger partial charge in [0.25, 0.3) is 5.91 Å². The number of para-hydroxylation sites is 1. The predicted molar refractivity (Wildman–Crippen MR) is 78.2 cm³/mol. The quantitative estimate of drug-likeness (QED) is 0.391. The number of nitrogens with one attached hydrogen (secondary N) is 2. The third-order valence-electron chi connectivity index (χ3n) is 3.56. The van der Waals surface area contributed by atoms with Crippen molar-refractivity contribution >= 4 is 28.7 Å². The van der Waals surface area contributed by atoms with Crippen molar-refractivity contribution in [1.82, 2.24) is 4.98 Å². The van der Waals surface area contributed by atoms with E-state index in [-0.39, 0.29) is 5.91 Å². The number of fused-ring (bicyclic) bond motifs is 2. The Kier molecular flexibility index (Phi) is 2.32. The molecular weight excluding hydrogens is 268 g/mol. The average Bonchev–Trinajstić information content (AvgIpc) is 3.02. The molecule has 2 aliphatic rings. The van der Waals surface area contributed by atoms with Crippen LogP contribution in [0.4, 0.5) is 11.5 Å². The van der Waals surface area contributed by atoms with Crippen molar-refractivity contribution in [2.24, 2.45) is 5.16 Å². The Balaban J connectivity index is 1.97. The molecule has 3 heterocycles. The molecule has 0 unspecified atom stereocenters. The number of carbonyl (C=O) groups excluding carboxylic acids is 1. The highest BCUT2D eigenvalue weighted by Crippen LogP contribution is 2.37. The molecule has 0 atom stereocenters. The van der Waals surface area contributed by atoms with Gasteiger partial charge < -0.3 is 15.8 Å². The number of oxime groups is 1. The van der Waals surface area contributed by atoms with Gasteiger partial charge in [0.05, 0.1) is 11.3 Å². The van der Waals surface area contributed by atoms with Gasteiger partial charge in [-0.1, -0.05) is 23.4 Å². The van der Waals surface area contributed by atoms with Gasteiger partial charge in [0.1, 0.15) is 11.5 Å². The standard InChI is InChI=1S/C15H10N4O2/c20-15-11(9-5-3-7-16-14(9)18-15)13-12(19-21)8-4-1-2-6-10(8)17-13/h1-7,17,21H,(H,16,18,20)/b13-11-,19-12+. The van der Waals surface area contributed by atoms with Crippen LogP contribution in [0.15, 0.2) is 53.4 Å². The number of benzene rings is 1. The van der Waals surface area contributed by atoms with Crippen molar-refractivity contribution in [3.05, 3.63) is 59.4 Å². The summed E-state index contributed by atoms with van der Waals surface area (Å²) >= 11 is 0. The van der Waals surface area contributed by atoms with Crippen molar-refractivity contribution in [3.8, 4) is 0 Å². The molecule has 1 amide bonds. The first-order chi connectivity index (χ1) is 10.3. The number of pyridine rings is 1. The number of amides is 1. The minimum atomic E-state index is -0.264. The smallest absolute Gasteiger partial charge is 0.259 e. The normalized spacial score (nSPS) is 21.0. The first kappa shape index (κ1) is 11.7. The topological polar surface area (TPSA) is 86.6 Å². The van der Waals surface area contributed by atoms with Gasteiger partial charge in [-0.05, 0) is 18.2 Å². The first-order valence-electron chi connectivity index (χ1n) is 6.39. The Morgan fingerprint density at radius 1 is 1.05 bits per heavy atom. The summed E-state index contributed by atoms with van der Waals surface area (Å²) in [6.45, 7) is 0. The number of carbonyl (C=O) groups is 1. The van der Waals surface area contributed by atoms with E-state index in [1.54, 1.807) is 12.3 Å². The van der Waals surface area contributed by atoms with Gasteiger partial charge in [0, 0.05) is 23.0 Å². The summed E-state index contributed by atoms with van der Waals surface area (Å²) in [5, 5.41) is 18.6. The van der Waals surface area contributed by atoms with Gasteiger partial charge in [-0.25, -0.2) is 4.98 Å². The molecule has 0 bridgehead atoms. The van der Waals surface area contributed by atoms with Gasteiger partial charge in [0.2, 0.25) is 0 Å². The third kappa shape index (κ3) is 1.56. The summed E-state index contributed by atoms with van der Waals surface area (Å²) in [5.41, 5.74) is 3.53. The van der Waals surface area contributed by atoms with E-state index in [1.807, 2.05) is 30.3 Å². The Bertz CT molecular complexity index is 839. The van der Waals surface area contributed by atoms with Crippen molar-refractivity contribution in [1.29, 1.82) is 0 Å². The second-order valence-corrected chi connectivity index (χ2v) is 4.72. The second kappa shape index (κ2) is 4.17. The molecule has 1 aromatic heterocycles. The van der Waals surface area contributed by atoms with Crippen molar-refractivity contribution in [2.75, 3.05) is 10.6 Å². The van der Waals surface area contributed by atoms with Crippen LogP contribution in [0.25, 0.3) is 5.57 Å². The number of anilines is 2. The Morgan fingerprint density at radius 3 is 2.71 bits per heavy atom. The van der Waals surface area contributed by atoms with E-state index in [1.165, 1.54) is 0 Å². The van der Waals surface area contributed by atoms with E-state index >= 15 is 0 Å². The Morgan fingerprint density at radius 2 is 1.86 bits per heavy atom. The molecular formula is C15H10N4O2. The molecule has 2 aliphatic heterocycles. The lowest BCUT2D eigenvalue weighted by atomic mass is 10.0. The van der Waals surface area contributed by atoms with E-state index in [2.05, 4.69) is 20.8 Å². The number of aromatic nitrogens is 1. The van der Waals surface area contributed by atoms with Gasteiger partial charge in [-0.3, -0.25) is 4.79 Å². The van der Waals surface area contributed by atoms with Crippen LogP contribution in [0, 0.1) is 0 Å². The largest absolute Gasteiger partial charge is 0.410 e. The van der Waals surface area contributed by atoms with E-state index in [0.717, 1.165) is 11.3 Å².